The first kappa shape index (κ1) is 13.9. The van der Waals surface area contributed by atoms with Gasteiger partial charge in [-0.3, -0.25) is 0 Å². The first-order valence-electron chi connectivity index (χ1n) is 7.90. The molecular weight excluding hydrogens is 290 g/mol. The van der Waals surface area contributed by atoms with Crippen LogP contribution in [0.15, 0.2) is 42.9 Å². The Hall–Kier alpha value is -1.78. The maximum atomic E-state index is 4.33. The number of aromatic nitrogens is 2. The highest BCUT2D eigenvalue weighted by Crippen LogP contribution is 2.32. The SMILES string of the molecule is c1cc(CCN2CCCC2)cc(-c2cc3ncncc3s2)c1. The van der Waals surface area contributed by atoms with Crippen molar-refractivity contribution >= 4 is 21.6 Å². The van der Waals surface area contributed by atoms with Crippen LogP contribution in [0.3, 0.4) is 0 Å². The molecule has 1 aliphatic rings. The third-order valence-electron chi connectivity index (χ3n) is 4.32. The van der Waals surface area contributed by atoms with Gasteiger partial charge in [0.1, 0.15) is 6.33 Å². The summed E-state index contributed by atoms with van der Waals surface area (Å²) in [4.78, 5) is 12.3. The second kappa shape index (κ2) is 6.15. The molecule has 4 rings (SSSR count). The summed E-state index contributed by atoms with van der Waals surface area (Å²) in [5, 5.41) is 0. The number of benzene rings is 1. The lowest BCUT2D eigenvalue weighted by Gasteiger charge is -2.14. The van der Waals surface area contributed by atoms with Crippen molar-refractivity contribution in [1.82, 2.24) is 14.9 Å². The summed E-state index contributed by atoms with van der Waals surface area (Å²) in [6.45, 7) is 3.73. The molecule has 1 saturated heterocycles. The van der Waals surface area contributed by atoms with Crippen LogP contribution in [0.25, 0.3) is 20.7 Å². The van der Waals surface area contributed by atoms with Crippen molar-refractivity contribution in [2.24, 2.45) is 0 Å². The van der Waals surface area contributed by atoms with Crippen molar-refractivity contribution in [3.8, 4) is 10.4 Å². The molecule has 0 bridgehead atoms. The van der Waals surface area contributed by atoms with E-state index in [1.807, 2.05) is 6.20 Å². The number of nitrogens with zero attached hydrogens (tertiary/aromatic N) is 3. The number of hydrogen-bond acceptors (Lipinski definition) is 4. The molecule has 0 amide bonds. The lowest BCUT2D eigenvalue weighted by molar-refractivity contribution is 0.343. The molecule has 1 aromatic carbocycles. The molecular formula is C18H19N3S. The number of rotatable bonds is 4. The zero-order valence-electron chi connectivity index (χ0n) is 12.5. The van der Waals surface area contributed by atoms with Gasteiger partial charge in [0, 0.05) is 17.6 Å². The van der Waals surface area contributed by atoms with Gasteiger partial charge in [-0.2, -0.15) is 0 Å². The number of hydrogen-bond donors (Lipinski definition) is 0. The molecule has 22 heavy (non-hydrogen) atoms. The van der Waals surface area contributed by atoms with Gasteiger partial charge in [0.05, 0.1) is 10.2 Å². The lowest BCUT2D eigenvalue weighted by Crippen LogP contribution is -2.21. The molecule has 0 spiro atoms. The molecule has 0 radical (unpaired) electrons. The summed E-state index contributed by atoms with van der Waals surface area (Å²) in [6, 6.07) is 11.1. The van der Waals surface area contributed by atoms with Crippen LogP contribution >= 0.6 is 11.3 Å². The van der Waals surface area contributed by atoms with Crippen LogP contribution in [0.1, 0.15) is 18.4 Å². The Morgan fingerprint density at radius 3 is 2.91 bits per heavy atom. The van der Waals surface area contributed by atoms with Gasteiger partial charge < -0.3 is 4.90 Å². The minimum absolute atomic E-state index is 1.04. The largest absolute Gasteiger partial charge is 0.303 e. The highest BCUT2D eigenvalue weighted by Gasteiger charge is 2.11. The minimum Gasteiger partial charge on any atom is -0.303 e. The topological polar surface area (TPSA) is 29.0 Å². The standard InChI is InChI=1S/C18H19N3S/c1-2-8-21(7-1)9-6-14-4-3-5-15(10-14)17-11-16-18(22-17)12-19-13-20-16/h3-5,10-13H,1-2,6-9H2. The van der Waals surface area contributed by atoms with Gasteiger partial charge in [0.15, 0.2) is 0 Å². The van der Waals surface area contributed by atoms with Crippen molar-refractivity contribution in [2.45, 2.75) is 19.3 Å². The Labute approximate surface area is 134 Å². The second-order valence-corrected chi connectivity index (χ2v) is 6.97. The van der Waals surface area contributed by atoms with E-state index >= 15 is 0 Å². The molecule has 3 heterocycles. The van der Waals surface area contributed by atoms with E-state index in [0.29, 0.717) is 0 Å². The Bertz CT molecular complexity index is 742. The van der Waals surface area contributed by atoms with Gasteiger partial charge in [0.2, 0.25) is 0 Å². The molecule has 1 fully saturated rings. The van der Waals surface area contributed by atoms with Gasteiger partial charge in [-0.15, -0.1) is 11.3 Å². The summed E-state index contributed by atoms with van der Waals surface area (Å²) in [5.74, 6) is 0. The Kier molecular flexibility index (Phi) is 3.87. The van der Waals surface area contributed by atoms with Crippen molar-refractivity contribution in [3.05, 3.63) is 48.4 Å². The van der Waals surface area contributed by atoms with E-state index < -0.39 is 0 Å². The maximum Gasteiger partial charge on any atom is 0.116 e. The number of fused-ring (bicyclic) bond motifs is 1. The summed E-state index contributed by atoms with van der Waals surface area (Å²) < 4.78 is 1.15. The van der Waals surface area contributed by atoms with Gasteiger partial charge in [-0.05, 0) is 49.5 Å². The van der Waals surface area contributed by atoms with E-state index in [9.17, 15) is 0 Å². The number of likely N-dealkylation sites (tertiary alicyclic amines) is 1. The van der Waals surface area contributed by atoms with Crippen LogP contribution in [0.4, 0.5) is 0 Å². The lowest BCUT2D eigenvalue weighted by atomic mass is 10.1. The zero-order valence-corrected chi connectivity index (χ0v) is 13.4. The van der Waals surface area contributed by atoms with Gasteiger partial charge >= 0.3 is 0 Å². The third-order valence-corrected chi connectivity index (χ3v) is 5.43. The number of thiophene rings is 1. The van der Waals surface area contributed by atoms with E-state index in [2.05, 4.69) is 45.2 Å². The predicted molar refractivity (Wildman–Crippen MR) is 92.2 cm³/mol. The summed E-state index contributed by atoms with van der Waals surface area (Å²) >= 11 is 1.77. The fourth-order valence-electron chi connectivity index (χ4n) is 3.10. The molecule has 2 aromatic heterocycles. The van der Waals surface area contributed by atoms with Crippen LogP contribution in [0.2, 0.25) is 0 Å². The Morgan fingerprint density at radius 2 is 2.05 bits per heavy atom. The first-order chi connectivity index (χ1) is 10.9. The van der Waals surface area contributed by atoms with E-state index in [1.54, 1.807) is 17.7 Å². The van der Waals surface area contributed by atoms with Crippen LogP contribution in [0, 0.1) is 0 Å². The van der Waals surface area contributed by atoms with E-state index in [0.717, 1.165) is 16.6 Å². The van der Waals surface area contributed by atoms with E-state index in [1.165, 1.54) is 48.5 Å². The fourth-order valence-corrected chi connectivity index (χ4v) is 4.08. The van der Waals surface area contributed by atoms with Gasteiger partial charge in [-0.25, -0.2) is 9.97 Å². The Morgan fingerprint density at radius 1 is 1.14 bits per heavy atom. The average Bonchev–Trinajstić information content (AvgIpc) is 3.22. The summed E-state index contributed by atoms with van der Waals surface area (Å²) in [5.41, 5.74) is 3.76. The molecule has 3 aromatic rings. The predicted octanol–water partition coefficient (Wildman–Crippen LogP) is 4.00. The molecule has 0 N–H and O–H groups in total. The molecule has 0 saturated carbocycles. The molecule has 3 nitrogen and oxygen atoms in total. The highest BCUT2D eigenvalue weighted by molar-refractivity contribution is 7.22. The Balaban J connectivity index is 1.55. The van der Waals surface area contributed by atoms with Crippen LogP contribution in [-0.2, 0) is 6.42 Å². The fraction of sp³-hybridized carbons (Fsp3) is 0.333. The van der Waals surface area contributed by atoms with Crippen molar-refractivity contribution in [1.29, 1.82) is 0 Å². The van der Waals surface area contributed by atoms with E-state index in [-0.39, 0.29) is 0 Å². The van der Waals surface area contributed by atoms with Crippen LogP contribution < -0.4 is 0 Å². The van der Waals surface area contributed by atoms with Crippen LogP contribution in [0.5, 0.6) is 0 Å². The zero-order chi connectivity index (χ0) is 14.8. The normalized spacial score (nSPS) is 15.6. The molecule has 0 unspecified atom stereocenters. The first-order valence-corrected chi connectivity index (χ1v) is 8.71. The minimum atomic E-state index is 1.04. The average molecular weight is 309 g/mol. The van der Waals surface area contributed by atoms with Gasteiger partial charge in [-0.1, -0.05) is 24.3 Å². The molecule has 4 heteroatoms. The van der Waals surface area contributed by atoms with Gasteiger partial charge in [0.25, 0.3) is 0 Å². The van der Waals surface area contributed by atoms with Crippen molar-refractivity contribution in [3.63, 3.8) is 0 Å². The summed E-state index contributed by atoms with van der Waals surface area (Å²) in [6.07, 6.45) is 7.38. The summed E-state index contributed by atoms with van der Waals surface area (Å²) in [7, 11) is 0. The molecule has 1 aliphatic heterocycles. The monoisotopic (exact) mass is 309 g/mol. The van der Waals surface area contributed by atoms with E-state index in [4.69, 9.17) is 0 Å². The highest BCUT2D eigenvalue weighted by atomic mass is 32.1. The van der Waals surface area contributed by atoms with Crippen molar-refractivity contribution in [2.75, 3.05) is 19.6 Å². The van der Waals surface area contributed by atoms with Crippen LogP contribution in [-0.4, -0.2) is 34.5 Å². The molecule has 112 valence electrons. The van der Waals surface area contributed by atoms with Crippen molar-refractivity contribution < 1.29 is 0 Å². The smallest absolute Gasteiger partial charge is 0.116 e. The quantitative estimate of drug-likeness (QED) is 0.729. The second-order valence-electron chi connectivity index (χ2n) is 5.88. The maximum absolute atomic E-state index is 4.33. The molecule has 0 atom stereocenters. The molecule has 0 aliphatic carbocycles. The third kappa shape index (κ3) is 2.89.